The second-order valence-electron chi connectivity index (χ2n) is 4.33. The Balaban J connectivity index is 2.20. The second-order valence-corrected chi connectivity index (χ2v) is 4.33. The van der Waals surface area contributed by atoms with Gasteiger partial charge in [-0.1, -0.05) is 6.07 Å². The summed E-state index contributed by atoms with van der Waals surface area (Å²) in [4.78, 5) is 19.0. The number of rotatable bonds is 2. The van der Waals surface area contributed by atoms with Crippen LogP contribution in [0.2, 0.25) is 0 Å². The summed E-state index contributed by atoms with van der Waals surface area (Å²) in [5.41, 5.74) is 2.54. The standard InChI is InChI=1S/C15H11N3O2/c1-2-20-15(19)13-6-11-10-4-3-9(7-16)5-12(10)18-14(11)8-17-13/h3-6,8,18H,2H2,1H3. The highest BCUT2D eigenvalue weighted by atomic mass is 16.5. The van der Waals surface area contributed by atoms with Crippen molar-refractivity contribution >= 4 is 27.8 Å². The monoisotopic (exact) mass is 265 g/mol. The molecule has 98 valence electrons. The maximum absolute atomic E-state index is 11.7. The van der Waals surface area contributed by atoms with E-state index in [-0.39, 0.29) is 5.69 Å². The van der Waals surface area contributed by atoms with Gasteiger partial charge in [-0.05, 0) is 25.1 Å². The lowest BCUT2D eigenvalue weighted by atomic mass is 10.1. The minimum Gasteiger partial charge on any atom is -0.461 e. The van der Waals surface area contributed by atoms with Crippen molar-refractivity contribution < 1.29 is 9.53 Å². The Hall–Kier alpha value is -2.87. The zero-order valence-electron chi connectivity index (χ0n) is 10.8. The average Bonchev–Trinajstić information content (AvgIpc) is 2.83. The Morgan fingerprint density at radius 2 is 2.20 bits per heavy atom. The molecule has 5 heteroatoms. The predicted octanol–water partition coefficient (Wildman–Crippen LogP) is 2.76. The van der Waals surface area contributed by atoms with Crippen LogP contribution in [0, 0.1) is 11.3 Å². The number of aromatic amines is 1. The molecule has 0 saturated carbocycles. The van der Waals surface area contributed by atoms with E-state index in [1.165, 1.54) is 0 Å². The number of H-pyrrole nitrogens is 1. The van der Waals surface area contributed by atoms with Crippen LogP contribution < -0.4 is 0 Å². The Morgan fingerprint density at radius 3 is 2.95 bits per heavy atom. The first-order chi connectivity index (χ1) is 9.72. The molecule has 1 N–H and O–H groups in total. The molecular formula is C15H11N3O2. The van der Waals surface area contributed by atoms with Crippen LogP contribution in [-0.2, 0) is 4.74 Å². The Kier molecular flexibility index (Phi) is 2.84. The highest BCUT2D eigenvalue weighted by Gasteiger charge is 2.12. The third kappa shape index (κ3) is 1.88. The van der Waals surface area contributed by atoms with E-state index in [1.54, 1.807) is 31.3 Å². The number of hydrogen-bond acceptors (Lipinski definition) is 4. The Bertz CT molecular complexity index is 859. The molecule has 0 atom stereocenters. The van der Waals surface area contributed by atoms with Gasteiger partial charge in [0, 0.05) is 16.3 Å². The van der Waals surface area contributed by atoms with E-state index in [0.29, 0.717) is 12.2 Å². The number of ether oxygens (including phenoxy) is 1. The largest absolute Gasteiger partial charge is 0.461 e. The van der Waals surface area contributed by atoms with E-state index in [0.717, 1.165) is 21.8 Å². The van der Waals surface area contributed by atoms with Gasteiger partial charge in [-0.25, -0.2) is 9.78 Å². The molecule has 0 aliphatic carbocycles. The van der Waals surface area contributed by atoms with Crippen LogP contribution in [0.15, 0.2) is 30.5 Å². The van der Waals surface area contributed by atoms with Gasteiger partial charge in [-0.2, -0.15) is 5.26 Å². The second kappa shape index (κ2) is 4.67. The number of hydrogen-bond donors (Lipinski definition) is 1. The van der Waals surface area contributed by atoms with Crippen molar-refractivity contribution in [3.8, 4) is 6.07 Å². The molecule has 0 radical (unpaired) electrons. The first-order valence-electron chi connectivity index (χ1n) is 6.21. The first kappa shape index (κ1) is 12.2. The molecule has 3 aromatic rings. The van der Waals surface area contributed by atoms with Gasteiger partial charge in [0.15, 0.2) is 0 Å². The fourth-order valence-electron chi connectivity index (χ4n) is 2.19. The molecular weight excluding hydrogens is 254 g/mol. The third-order valence-electron chi connectivity index (χ3n) is 3.10. The van der Waals surface area contributed by atoms with Crippen LogP contribution in [0.5, 0.6) is 0 Å². The van der Waals surface area contributed by atoms with Crippen LogP contribution in [-0.4, -0.2) is 22.5 Å². The molecule has 0 spiro atoms. The zero-order chi connectivity index (χ0) is 14.1. The van der Waals surface area contributed by atoms with Crippen molar-refractivity contribution in [2.75, 3.05) is 6.61 Å². The molecule has 3 rings (SSSR count). The van der Waals surface area contributed by atoms with Crippen molar-refractivity contribution in [3.05, 3.63) is 41.7 Å². The Labute approximate surface area is 114 Å². The van der Waals surface area contributed by atoms with Crippen LogP contribution >= 0.6 is 0 Å². The molecule has 20 heavy (non-hydrogen) atoms. The van der Waals surface area contributed by atoms with Crippen molar-refractivity contribution in [1.29, 1.82) is 5.26 Å². The van der Waals surface area contributed by atoms with Gasteiger partial charge in [-0.15, -0.1) is 0 Å². The summed E-state index contributed by atoms with van der Waals surface area (Å²) < 4.78 is 4.95. The summed E-state index contributed by atoms with van der Waals surface area (Å²) in [5, 5.41) is 10.8. The molecule has 5 nitrogen and oxygen atoms in total. The van der Waals surface area contributed by atoms with Gasteiger partial charge in [0.1, 0.15) is 5.69 Å². The summed E-state index contributed by atoms with van der Waals surface area (Å²) in [6, 6.07) is 9.20. The number of nitrogens with zero attached hydrogens (tertiary/aromatic N) is 2. The average molecular weight is 265 g/mol. The Morgan fingerprint density at radius 1 is 1.35 bits per heavy atom. The summed E-state index contributed by atoms with van der Waals surface area (Å²) >= 11 is 0. The number of carbonyl (C=O) groups is 1. The van der Waals surface area contributed by atoms with Crippen molar-refractivity contribution in [1.82, 2.24) is 9.97 Å². The lowest BCUT2D eigenvalue weighted by Gasteiger charge is -2.00. The molecule has 0 saturated heterocycles. The van der Waals surface area contributed by atoms with Crippen molar-refractivity contribution in [2.24, 2.45) is 0 Å². The minimum absolute atomic E-state index is 0.282. The highest BCUT2D eigenvalue weighted by molar-refractivity contribution is 6.08. The highest BCUT2D eigenvalue weighted by Crippen LogP contribution is 2.26. The minimum atomic E-state index is -0.433. The normalized spacial score (nSPS) is 10.6. The zero-order valence-corrected chi connectivity index (χ0v) is 10.8. The number of carbonyl (C=O) groups excluding carboxylic acids is 1. The van der Waals surface area contributed by atoms with E-state index in [4.69, 9.17) is 10.00 Å². The fraction of sp³-hybridized carbons (Fsp3) is 0.133. The molecule has 0 bridgehead atoms. The number of esters is 1. The molecule has 0 unspecified atom stereocenters. The van der Waals surface area contributed by atoms with Gasteiger partial charge in [0.25, 0.3) is 0 Å². The predicted molar refractivity (Wildman–Crippen MR) is 74.3 cm³/mol. The van der Waals surface area contributed by atoms with Crippen molar-refractivity contribution in [2.45, 2.75) is 6.92 Å². The van der Waals surface area contributed by atoms with Crippen LogP contribution in [0.1, 0.15) is 23.0 Å². The smallest absolute Gasteiger partial charge is 0.356 e. The lowest BCUT2D eigenvalue weighted by Crippen LogP contribution is -2.06. The molecule has 0 aliphatic heterocycles. The quantitative estimate of drug-likeness (QED) is 0.722. The number of fused-ring (bicyclic) bond motifs is 3. The van der Waals surface area contributed by atoms with E-state index < -0.39 is 5.97 Å². The summed E-state index contributed by atoms with van der Waals surface area (Å²) in [7, 11) is 0. The molecule has 2 heterocycles. The molecule has 1 aromatic carbocycles. The van der Waals surface area contributed by atoms with Gasteiger partial charge in [0.2, 0.25) is 0 Å². The lowest BCUT2D eigenvalue weighted by molar-refractivity contribution is 0.0520. The number of pyridine rings is 1. The van der Waals surface area contributed by atoms with E-state index in [9.17, 15) is 4.79 Å². The van der Waals surface area contributed by atoms with Crippen LogP contribution in [0.3, 0.4) is 0 Å². The van der Waals surface area contributed by atoms with Crippen LogP contribution in [0.25, 0.3) is 21.8 Å². The van der Waals surface area contributed by atoms with Gasteiger partial charge in [0.05, 0.1) is 30.0 Å². The number of aromatic nitrogens is 2. The van der Waals surface area contributed by atoms with Crippen LogP contribution in [0.4, 0.5) is 0 Å². The summed E-state index contributed by atoms with van der Waals surface area (Å²) in [6.07, 6.45) is 1.60. The number of nitrogens with one attached hydrogen (secondary N) is 1. The first-order valence-corrected chi connectivity index (χ1v) is 6.21. The van der Waals surface area contributed by atoms with Gasteiger partial charge >= 0.3 is 5.97 Å². The SMILES string of the molecule is CCOC(=O)c1cc2c(cn1)[nH]c1cc(C#N)ccc12. The molecule has 0 aliphatic rings. The van der Waals surface area contributed by atoms with Gasteiger partial charge in [-0.3, -0.25) is 0 Å². The van der Waals surface area contributed by atoms with Crippen molar-refractivity contribution in [3.63, 3.8) is 0 Å². The van der Waals surface area contributed by atoms with E-state index in [2.05, 4.69) is 16.0 Å². The summed E-state index contributed by atoms with van der Waals surface area (Å²) in [6.45, 7) is 2.07. The molecule has 2 aromatic heterocycles. The molecule has 0 fully saturated rings. The summed E-state index contributed by atoms with van der Waals surface area (Å²) in [5.74, 6) is -0.433. The number of benzene rings is 1. The maximum Gasteiger partial charge on any atom is 0.356 e. The third-order valence-corrected chi connectivity index (χ3v) is 3.10. The topological polar surface area (TPSA) is 78.8 Å². The fourth-order valence-corrected chi connectivity index (χ4v) is 2.19. The maximum atomic E-state index is 11.7. The van der Waals surface area contributed by atoms with Gasteiger partial charge < -0.3 is 9.72 Å². The van der Waals surface area contributed by atoms with E-state index in [1.807, 2.05) is 6.07 Å². The number of nitriles is 1. The van der Waals surface area contributed by atoms with E-state index >= 15 is 0 Å². The molecule has 0 amide bonds.